The van der Waals surface area contributed by atoms with Crippen molar-refractivity contribution in [2.24, 2.45) is 0 Å². The molecule has 0 aromatic carbocycles. The minimum absolute atomic E-state index is 1.05. The van der Waals surface area contributed by atoms with Gasteiger partial charge in [0.2, 0.25) is 0 Å². The fraction of sp³-hybridized carbons (Fsp3) is 0.300. The molecule has 0 atom stereocenters. The molecule has 0 aliphatic heterocycles. The van der Waals surface area contributed by atoms with Crippen LogP contribution in [-0.2, 0) is 6.42 Å². The molecule has 0 spiro atoms. The average molecular weight is 147 g/mol. The van der Waals surface area contributed by atoms with Crippen LogP contribution in [0, 0.1) is 0 Å². The van der Waals surface area contributed by atoms with Gasteiger partial charge in [0.1, 0.15) is 0 Å². The molecule has 1 rings (SSSR count). The topological polar surface area (TPSA) is 12.9 Å². The van der Waals surface area contributed by atoms with Crippen molar-refractivity contribution in [1.29, 1.82) is 0 Å². The van der Waals surface area contributed by atoms with Crippen molar-refractivity contribution in [3.05, 3.63) is 42.2 Å². The Kier molecular flexibility index (Phi) is 3.39. The largest absolute Gasteiger partial charge is 0.261 e. The van der Waals surface area contributed by atoms with Crippen LogP contribution in [-0.4, -0.2) is 4.98 Å². The van der Waals surface area contributed by atoms with E-state index in [0.29, 0.717) is 0 Å². The highest BCUT2D eigenvalue weighted by atomic mass is 14.7. The molecule has 0 amide bonds. The van der Waals surface area contributed by atoms with Crippen LogP contribution in [0.5, 0.6) is 0 Å². The summed E-state index contributed by atoms with van der Waals surface area (Å²) in [6, 6.07) is 6.03. The Balaban J connectivity index is 2.39. The van der Waals surface area contributed by atoms with Gasteiger partial charge < -0.3 is 0 Å². The molecule has 1 heteroatoms. The Morgan fingerprint density at radius 1 is 1.45 bits per heavy atom. The van der Waals surface area contributed by atoms with E-state index in [2.05, 4.69) is 23.2 Å². The second-order valence-corrected chi connectivity index (χ2v) is 2.43. The second-order valence-electron chi connectivity index (χ2n) is 2.43. The van der Waals surface area contributed by atoms with Crippen molar-refractivity contribution in [3.8, 4) is 0 Å². The van der Waals surface area contributed by atoms with Crippen molar-refractivity contribution >= 4 is 0 Å². The maximum absolute atomic E-state index is 4.22. The number of nitrogens with zero attached hydrogens (tertiary/aromatic N) is 1. The van der Waals surface area contributed by atoms with Crippen molar-refractivity contribution < 1.29 is 0 Å². The van der Waals surface area contributed by atoms with Gasteiger partial charge in [0.05, 0.1) is 0 Å². The van der Waals surface area contributed by atoms with E-state index in [9.17, 15) is 0 Å². The molecule has 1 heterocycles. The van der Waals surface area contributed by atoms with Gasteiger partial charge in [-0.05, 0) is 31.9 Å². The van der Waals surface area contributed by atoms with Gasteiger partial charge >= 0.3 is 0 Å². The molecule has 0 saturated carbocycles. The molecule has 11 heavy (non-hydrogen) atoms. The van der Waals surface area contributed by atoms with E-state index in [1.807, 2.05) is 25.3 Å². The number of hydrogen-bond donors (Lipinski definition) is 0. The zero-order valence-electron chi connectivity index (χ0n) is 6.83. The number of rotatable bonds is 3. The molecule has 0 unspecified atom stereocenters. The van der Waals surface area contributed by atoms with Gasteiger partial charge in [-0.3, -0.25) is 4.98 Å². The van der Waals surface area contributed by atoms with E-state index >= 15 is 0 Å². The van der Waals surface area contributed by atoms with Crippen molar-refractivity contribution in [2.45, 2.75) is 19.8 Å². The standard InChI is InChI=1S/C10H13N/c1-2-3-4-7-10-8-5-6-9-11-10/h2-3,5-6,8-9H,4,7H2,1H3. The van der Waals surface area contributed by atoms with E-state index in [1.54, 1.807) is 0 Å². The Labute approximate surface area is 67.8 Å². The van der Waals surface area contributed by atoms with Gasteiger partial charge in [0.25, 0.3) is 0 Å². The predicted molar refractivity (Wildman–Crippen MR) is 47.4 cm³/mol. The Bertz CT molecular complexity index is 214. The number of pyridine rings is 1. The number of aryl methyl sites for hydroxylation is 1. The van der Waals surface area contributed by atoms with E-state index < -0.39 is 0 Å². The van der Waals surface area contributed by atoms with E-state index in [4.69, 9.17) is 0 Å². The minimum atomic E-state index is 1.05. The van der Waals surface area contributed by atoms with Gasteiger partial charge in [-0.25, -0.2) is 0 Å². The lowest BCUT2D eigenvalue weighted by atomic mass is 10.2. The lowest BCUT2D eigenvalue weighted by molar-refractivity contribution is 0.942. The highest BCUT2D eigenvalue weighted by Gasteiger charge is 1.88. The van der Waals surface area contributed by atoms with Crippen LogP contribution in [0.1, 0.15) is 19.0 Å². The lowest BCUT2D eigenvalue weighted by Gasteiger charge is -1.94. The van der Waals surface area contributed by atoms with E-state index in [0.717, 1.165) is 12.8 Å². The first-order valence-electron chi connectivity index (χ1n) is 3.94. The first-order chi connectivity index (χ1) is 5.43. The molecule has 1 aromatic heterocycles. The van der Waals surface area contributed by atoms with Crippen LogP contribution in [0.15, 0.2) is 36.5 Å². The third-order valence-electron chi connectivity index (χ3n) is 1.53. The molecule has 0 radical (unpaired) electrons. The van der Waals surface area contributed by atoms with Gasteiger partial charge in [-0.1, -0.05) is 18.2 Å². The summed E-state index contributed by atoms with van der Waals surface area (Å²) in [5.74, 6) is 0. The van der Waals surface area contributed by atoms with Crippen LogP contribution in [0.25, 0.3) is 0 Å². The van der Waals surface area contributed by atoms with Crippen molar-refractivity contribution in [2.75, 3.05) is 0 Å². The average Bonchev–Trinajstić information content (AvgIpc) is 2.07. The summed E-state index contributed by atoms with van der Waals surface area (Å²) < 4.78 is 0. The summed E-state index contributed by atoms with van der Waals surface area (Å²) in [6.07, 6.45) is 8.21. The molecule has 0 saturated heterocycles. The third kappa shape index (κ3) is 2.99. The molecule has 0 aliphatic rings. The van der Waals surface area contributed by atoms with Crippen LogP contribution >= 0.6 is 0 Å². The molecular formula is C10H13N. The van der Waals surface area contributed by atoms with E-state index in [1.165, 1.54) is 5.69 Å². The molecular weight excluding hydrogens is 134 g/mol. The molecule has 0 bridgehead atoms. The van der Waals surface area contributed by atoms with Crippen LogP contribution in [0.4, 0.5) is 0 Å². The summed E-state index contributed by atoms with van der Waals surface area (Å²) in [5.41, 5.74) is 1.17. The van der Waals surface area contributed by atoms with E-state index in [-0.39, 0.29) is 0 Å². The molecule has 1 nitrogen and oxygen atoms in total. The third-order valence-corrected chi connectivity index (χ3v) is 1.53. The minimum Gasteiger partial charge on any atom is -0.261 e. The van der Waals surface area contributed by atoms with Gasteiger partial charge in [0.15, 0.2) is 0 Å². The molecule has 0 fully saturated rings. The number of aromatic nitrogens is 1. The fourth-order valence-corrected chi connectivity index (χ4v) is 0.944. The monoisotopic (exact) mass is 147 g/mol. The molecule has 0 aliphatic carbocycles. The highest BCUT2D eigenvalue weighted by molar-refractivity contribution is 5.04. The zero-order chi connectivity index (χ0) is 7.94. The van der Waals surface area contributed by atoms with Gasteiger partial charge in [-0.2, -0.15) is 0 Å². The van der Waals surface area contributed by atoms with Gasteiger partial charge in [-0.15, -0.1) is 0 Å². The smallest absolute Gasteiger partial charge is 0.0406 e. The molecule has 58 valence electrons. The van der Waals surface area contributed by atoms with Gasteiger partial charge in [0, 0.05) is 11.9 Å². The Hall–Kier alpha value is -1.11. The predicted octanol–water partition coefficient (Wildman–Crippen LogP) is 2.59. The maximum atomic E-state index is 4.22. The normalized spacial score (nSPS) is 10.6. The first kappa shape index (κ1) is 7.99. The summed E-state index contributed by atoms with van der Waals surface area (Å²) in [5, 5.41) is 0. The zero-order valence-corrected chi connectivity index (χ0v) is 6.83. The summed E-state index contributed by atoms with van der Waals surface area (Å²) in [7, 11) is 0. The second kappa shape index (κ2) is 4.67. The van der Waals surface area contributed by atoms with Crippen LogP contribution < -0.4 is 0 Å². The SMILES string of the molecule is CC=CCCc1ccccn1. The summed E-state index contributed by atoms with van der Waals surface area (Å²) >= 11 is 0. The number of allylic oxidation sites excluding steroid dienone is 2. The summed E-state index contributed by atoms with van der Waals surface area (Å²) in [4.78, 5) is 4.22. The lowest BCUT2D eigenvalue weighted by Crippen LogP contribution is -1.85. The van der Waals surface area contributed by atoms with Crippen molar-refractivity contribution in [1.82, 2.24) is 4.98 Å². The Morgan fingerprint density at radius 3 is 3.00 bits per heavy atom. The van der Waals surface area contributed by atoms with Crippen molar-refractivity contribution in [3.63, 3.8) is 0 Å². The maximum Gasteiger partial charge on any atom is 0.0406 e. The molecule has 0 N–H and O–H groups in total. The summed E-state index contributed by atoms with van der Waals surface area (Å²) in [6.45, 7) is 2.04. The van der Waals surface area contributed by atoms with Crippen LogP contribution in [0.3, 0.4) is 0 Å². The fourth-order valence-electron chi connectivity index (χ4n) is 0.944. The Morgan fingerprint density at radius 2 is 2.36 bits per heavy atom. The highest BCUT2D eigenvalue weighted by Crippen LogP contribution is 1.98. The quantitative estimate of drug-likeness (QED) is 0.599. The first-order valence-corrected chi connectivity index (χ1v) is 3.94. The number of hydrogen-bond acceptors (Lipinski definition) is 1. The molecule has 1 aromatic rings. The van der Waals surface area contributed by atoms with Crippen LogP contribution in [0.2, 0.25) is 0 Å².